The van der Waals surface area contributed by atoms with Gasteiger partial charge in [-0.1, -0.05) is 92.2 Å². The number of benzene rings is 2. The number of ether oxygens (including phenoxy) is 1. The normalized spacial score (nSPS) is 23.6. The quantitative estimate of drug-likeness (QED) is 0.454. The second-order valence-electron chi connectivity index (χ2n) is 10.6. The summed E-state index contributed by atoms with van der Waals surface area (Å²) in [5, 5.41) is 0. The summed E-state index contributed by atoms with van der Waals surface area (Å²) in [7, 11) is 0. The van der Waals surface area contributed by atoms with Gasteiger partial charge in [-0.25, -0.2) is 0 Å². The van der Waals surface area contributed by atoms with Gasteiger partial charge in [0, 0.05) is 30.3 Å². The van der Waals surface area contributed by atoms with Crippen LogP contribution in [0.2, 0.25) is 0 Å². The van der Waals surface area contributed by atoms with Crippen LogP contribution in [0.5, 0.6) is 11.5 Å². The molecule has 6 aliphatic heterocycles. The van der Waals surface area contributed by atoms with E-state index in [0.717, 1.165) is 5.57 Å². The van der Waals surface area contributed by atoms with Gasteiger partial charge in [-0.3, -0.25) is 0 Å². The first-order valence-corrected chi connectivity index (χ1v) is 13.6. The number of allylic oxidation sites excluding steroid dienone is 8. The van der Waals surface area contributed by atoms with Gasteiger partial charge < -0.3 is 23.6 Å². The number of hydrogen-bond acceptors (Lipinski definition) is 5. The largest absolute Gasteiger partial charge is 0.456 e. The molecule has 0 radical (unpaired) electrons. The van der Waals surface area contributed by atoms with Gasteiger partial charge in [0.15, 0.2) is 0 Å². The molecule has 0 spiro atoms. The van der Waals surface area contributed by atoms with Gasteiger partial charge in [-0.15, -0.1) is 0 Å². The molecule has 1 fully saturated rings. The van der Waals surface area contributed by atoms with E-state index in [1.54, 1.807) is 36.4 Å². The average molecular weight is 522 g/mol. The Hall–Kier alpha value is -4.38. The Balaban J connectivity index is 1.30. The Morgan fingerprint density at radius 1 is 0.650 bits per heavy atom. The highest BCUT2D eigenvalue weighted by Crippen LogP contribution is 2.50. The third-order valence-corrected chi connectivity index (χ3v) is 8.39. The number of hydrogen-bond donors (Lipinski definition) is 0. The summed E-state index contributed by atoms with van der Waals surface area (Å²) in [5.74, 6) is 9.18. The van der Waals surface area contributed by atoms with Crippen LogP contribution in [0, 0.1) is 0 Å². The first-order chi connectivity index (χ1) is 22.1. The molecular formula is C31H28B4N4O. The van der Waals surface area contributed by atoms with E-state index in [-0.39, 0.29) is 50.6 Å². The molecule has 0 aromatic heterocycles. The van der Waals surface area contributed by atoms with Crippen molar-refractivity contribution in [3.63, 3.8) is 0 Å². The maximum atomic E-state index is 8.66. The molecular weight excluding hydrogens is 488 g/mol. The third kappa shape index (κ3) is 3.40. The Morgan fingerprint density at radius 2 is 1.25 bits per heavy atom. The Morgan fingerprint density at radius 3 is 1.93 bits per heavy atom. The maximum Gasteiger partial charge on any atom is 0.381 e. The Kier molecular flexibility index (Phi) is 3.98. The zero-order valence-electron chi connectivity index (χ0n) is 27.7. The molecule has 0 amide bonds. The lowest BCUT2D eigenvalue weighted by Crippen LogP contribution is -2.73. The van der Waals surface area contributed by atoms with E-state index in [0.29, 0.717) is 5.56 Å². The van der Waals surface area contributed by atoms with Crippen molar-refractivity contribution in [2.75, 3.05) is 0 Å². The van der Waals surface area contributed by atoms with Crippen LogP contribution in [-0.2, 0) is 5.41 Å². The van der Waals surface area contributed by atoms with Crippen molar-refractivity contribution in [3.05, 3.63) is 150 Å². The summed E-state index contributed by atoms with van der Waals surface area (Å²) in [6.45, 7) is -6.25. The summed E-state index contributed by atoms with van der Waals surface area (Å²) in [6.07, 6.45) is 22.7. The molecule has 2 aromatic rings. The SMILES string of the molecule is [2H]C([2H])([2H])C1(C([2H])([2H])[2H])c2ccccc2Oc2c(C3=CB4N5C=CC=CB5N5C=CC=CB5N5C=CC=CB5N4C=C3)cccc21. The molecule has 40 heavy (non-hydrogen) atoms. The minimum Gasteiger partial charge on any atom is -0.456 e. The second-order valence-corrected chi connectivity index (χ2v) is 10.6. The fourth-order valence-electron chi connectivity index (χ4n) is 6.51. The molecule has 6 aliphatic rings. The van der Waals surface area contributed by atoms with Gasteiger partial charge >= 0.3 is 27.9 Å². The summed E-state index contributed by atoms with van der Waals surface area (Å²) >= 11 is 0. The van der Waals surface area contributed by atoms with Gasteiger partial charge in [0.05, 0.1) is 0 Å². The van der Waals surface area contributed by atoms with Crippen LogP contribution in [0.25, 0.3) is 5.57 Å². The Labute approximate surface area is 246 Å². The van der Waals surface area contributed by atoms with Gasteiger partial charge in [0.1, 0.15) is 11.5 Å². The summed E-state index contributed by atoms with van der Waals surface area (Å²) in [5.41, 5.74) is -0.568. The van der Waals surface area contributed by atoms with E-state index in [9.17, 15) is 0 Å². The van der Waals surface area contributed by atoms with Gasteiger partial charge in [-0.2, -0.15) is 0 Å². The second kappa shape index (κ2) is 8.82. The molecule has 0 N–H and O–H groups in total. The van der Waals surface area contributed by atoms with Crippen LogP contribution in [0.4, 0.5) is 0 Å². The van der Waals surface area contributed by atoms with Crippen LogP contribution in [0.1, 0.15) is 38.6 Å². The zero-order chi connectivity index (χ0) is 31.8. The standard InChI is InChI=1S/C31H28B4N4O/c1-31(2)27-13-3-4-15-29(27)40-30-26(12-11-14-28(30)31)25-16-23-39-34-19-6-9-21-37(34)32-17-5-8-20-36(32)33-18-7-10-22-38(33)35(39)24-25/h3-24H,1-2H3/i1D3,2D3. The molecule has 5 nitrogen and oxygen atoms in total. The molecule has 8 rings (SSSR count). The highest BCUT2D eigenvalue weighted by molar-refractivity contribution is 6.92. The molecule has 190 valence electrons. The van der Waals surface area contributed by atoms with Crippen molar-refractivity contribution >= 4 is 33.5 Å². The zero-order valence-corrected chi connectivity index (χ0v) is 21.7. The first-order valence-electron chi connectivity index (χ1n) is 16.6. The Bertz CT molecular complexity index is 1800. The van der Waals surface area contributed by atoms with E-state index in [1.165, 1.54) is 0 Å². The summed E-state index contributed by atoms with van der Waals surface area (Å²) in [4.78, 5) is 0. The molecule has 0 atom stereocenters. The smallest absolute Gasteiger partial charge is 0.381 e. The highest BCUT2D eigenvalue weighted by atomic mass is 16.5. The predicted octanol–water partition coefficient (Wildman–Crippen LogP) is 5.61. The van der Waals surface area contributed by atoms with Crippen molar-refractivity contribution < 1.29 is 13.0 Å². The van der Waals surface area contributed by atoms with Crippen molar-refractivity contribution in [3.8, 4) is 11.5 Å². The van der Waals surface area contributed by atoms with E-state index < -0.39 is 19.1 Å². The fraction of sp³-hybridized carbons (Fsp3) is 0.0968. The number of fused-ring (bicyclic) bond motifs is 10. The van der Waals surface area contributed by atoms with E-state index in [1.807, 2.05) is 30.4 Å². The molecule has 0 bridgehead atoms. The van der Waals surface area contributed by atoms with Crippen LogP contribution >= 0.6 is 0 Å². The lowest BCUT2D eigenvalue weighted by molar-refractivity contribution is 0.417. The van der Waals surface area contributed by atoms with Crippen LogP contribution in [-0.4, -0.2) is 46.8 Å². The lowest BCUT2D eigenvalue weighted by Gasteiger charge is -2.53. The van der Waals surface area contributed by atoms with Crippen LogP contribution in [0.3, 0.4) is 0 Å². The predicted molar refractivity (Wildman–Crippen MR) is 167 cm³/mol. The molecule has 0 unspecified atom stereocenters. The lowest BCUT2D eigenvalue weighted by atomic mass is 9.41. The number of para-hydroxylation sites is 2. The molecule has 0 aliphatic carbocycles. The van der Waals surface area contributed by atoms with Crippen molar-refractivity contribution in [2.45, 2.75) is 19.1 Å². The van der Waals surface area contributed by atoms with Crippen molar-refractivity contribution in [2.24, 2.45) is 0 Å². The minimum absolute atomic E-state index is 0.0120. The van der Waals surface area contributed by atoms with Crippen LogP contribution < -0.4 is 4.74 Å². The molecule has 0 saturated carbocycles. The van der Waals surface area contributed by atoms with Gasteiger partial charge in [0.25, 0.3) is 0 Å². The van der Waals surface area contributed by atoms with Gasteiger partial charge in [0.2, 0.25) is 0 Å². The third-order valence-electron chi connectivity index (χ3n) is 8.39. The number of nitrogens with zero attached hydrogens (tertiary/aromatic N) is 4. The fourth-order valence-corrected chi connectivity index (χ4v) is 6.51. The molecule has 6 heterocycles. The molecule has 1 saturated heterocycles. The van der Waals surface area contributed by atoms with E-state index >= 15 is 0 Å². The summed E-state index contributed by atoms with van der Waals surface area (Å²) < 4.78 is 67.7. The van der Waals surface area contributed by atoms with Crippen molar-refractivity contribution in [1.82, 2.24) is 18.9 Å². The monoisotopic (exact) mass is 522 g/mol. The topological polar surface area (TPSA) is 22.2 Å². The summed E-state index contributed by atoms with van der Waals surface area (Å²) in [6, 6.07) is 11.8. The highest BCUT2D eigenvalue weighted by Gasteiger charge is 2.50. The van der Waals surface area contributed by atoms with Gasteiger partial charge in [-0.05, 0) is 60.7 Å². The van der Waals surface area contributed by atoms with E-state index in [2.05, 4.69) is 85.8 Å². The van der Waals surface area contributed by atoms with Crippen molar-refractivity contribution in [1.29, 1.82) is 0 Å². The molecule has 2 aromatic carbocycles. The first kappa shape index (κ1) is 18.1. The minimum atomic E-state index is -2.89. The maximum absolute atomic E-state index is 8.66. The number of rotatable bonds is 1. The molecule has 9 heteroatoms. The van der Waals surface area contributed by atoms with E-state index in [4.69, 9.17) is 13.0 Å². The average Bonchev–Trinajstić information content (AvgIpc) is 3.05. The van der Waals surface area contributed by atoms with Crippen LogP contribution in [0.15, 0.2) is 134 Å².